The van der Waals surface area contributed by atoms with Gasteiger partial charge in [0.1, 0.15) is 11.2 Å². The first-order chi connectivity index (χ1) is 11.9. The Bertz CT molecular complexity index is 1030. The minimum Gasteiger partial charge on any atom is -0.350 e. The van der Waals surface area contributed by atoms with E-state index < -0.39 is 11.7 Å². The summed E-state index contributed by atoms with van der Waals surface area (Å²) in [5, 5.41) is 0. The van der Waals surface area contributed by atoms with Gasteiger partial charge in [-0.15, -0.1) is 0 Å². The molecule has 0 aliphatic carbocycles. The van der Waals surface area contributed by atoms with E-state index in [1.54, 1.807) is 29.1 Å². The van der Waals surface area contributed by atoms with Gasteiger partial charge in [0.15, 0.2) is 11.5 Å². The Hall–Kier alpha value is -3.23. The van der Waals surface area contributed by atoms with Gasteiger partial charge in [-0.25, -0.2) is 15.0 Å². The number of aryl methyl sites for hydroxylation is 1. The highest BCUT2D eigenvalue weighted by molar-refractivity contribution is 5.79. The van der Waals surface area contributed by atoms with Gasteiger partial charge in [-0.3, -0.25) is 9.55 Å². The van der Waals surface area contributed by atoms with Crippen LogP contribution in [0.15, 0.2) is 43.1 Å². The number of aromatic nitrogens is 6. The third kappa shape index (κ3) is 2.63. The Morgan fingerprint density at radius 3 is 2.56 bits per heavy atom. The lowest BCUT2D eigenvalue weighted by Crippen LogP contribution is -2.06. The van der Waals surface area contributed by atoms with Crippen LogP contribution in [0.4, 0.5) is 13.2 Å². The van der Waals surface area contributed by atoms with E-state index in [-0.39, 0.29) is 5.52 Å². The van der Waals surface area contributed by atoms with Crippen molar-refractivity contribution in [1.82, 2.24) is 29.5 Å². The van der Waals surface area contributed by atoms with Crippen LogP contribution in [-0.2, 0) is 6.18 Å². The SMILES string of the molecule is Cc1ccc(-n2c(-c3c[nH]cn3)nc3cc(C(F)(F)F)cnc32)cn1. The fraction of sp³-hybridized carbons (Fsp3) is 0.125. The van der Waals surface area contributed by atoms with Crippen molar-refractivity contribution in [1.29, 1.82) is 0 Å². The van der Waals surface area contributed by atoms with Gasteiger partial charge in [0.25, 0.3) is 0 Å². The summed E-state index contributed by atoms with van der Waals surface area (Å²) in [4.78, 5) is 19.5. The maximum Gasteiger partial charge on any atom is 0.417 e. The first kappa shape index (κ1) is 15.3. The van der Waals surface area contributed by atoms with E-state index in [9.17, 15) is 13.2 Å². The molecule has 0 aromatic carbocycles. The van der Waals surface area contributed by atoms with Crippen LogP contribution in [-0.4, -0.2) is 29.5 Å². The first-order valence-electron chi connectivity index (χ1n) is 7.31. The second-order valence-corrected chi connectivity index (χ2v) is 5.45. The number of nitrogens with zero attached hydrogens (tertiary/aromatic N) is 5. The number of hydrogen-bond acceptors (Lipinski definition) is 4. The molecule has 1 N–H and O–H groups in total. The number of alkyl halides is 3. The average molecular weight is 344 g/mol. The maximum absolute atomic E-state index is 13.0. The van der Waals surface area contributed by atoms with Crippen molar-refractivity contribution in [3.8, 4) is 17.2 Å². The standard InChI is InChI=1S/C16H11F3N6/c1-9-2-3-11(6-21-9)25-14-12(4-10(5-22-14)16(17,18)19)24-15(25)13-7-20-8-23-13/h2-8H,1H3,(H,20,23). The van der Waals surface area contributed by atoms with Crippen molar-refractivity contribution in [3.05, 3.63) is 54.4 Å². The Kier molecular flexibility index (Phi) is 3.31. The monoisotopic (exact) mass is 344 g/mol. The molecule has 0 fully saturated rings. The third-order valence-electron chi connectivity index (χ3n) is 3.71. The molecule has 4 rings (SSSR count). The van der Waals surface area contributed by atoms with Crippen LogP contribution in [0.25, 0.3) is 28.4 Å². The summed E-state index contributed by atoms with van der Waals surface area (Å²) in [5.41, 5.74) is 1.54. The van der Waals surface area contributed by atoms with Gasteiger partial charge in [-0.05, 0) is 25.1 Å². The smallest absolute Gasteiger partial charge is 0.350 e. The summed E-state index contributed by atoms with van der Waals surface area (Å²) in [6.45, 7) is 1.85. The molecule has 0 radical (unpaired) electrons. The molecule has 4 aromatic heterocycles. The van der Waals surface area contributed by atoms with Gasteiger partial charge < -0.3 is 4.98 Å². The number of aromatic amines is 1. The predicted molar refractivity (Wildman–Crippen MR) is 84.0 cm³/mol. The van der Waals surface area contributed by atoms with Crippen LogP contribution in [0.3, 0.4) is 0 Å². The highest BCUT2D eigenvalue weighted by atomic mass is 19.4. The summed E-state index contributed by atoms with van der Waals surface area (Å²) in [5.74, 6) is 0.383. The molecule has 0 aliphatic rings. The summed E-state index contributed by atoms with van der Waals surface area (Å²) < 4.78 is 40.5. The van der Waals surface area contributed by atoms with E-state index >= 15 is 0 Å². The van der Waals surface area contributed by atoms with Crippen molar-refractivity contribution >= 4 is 11.2 Å². The van der Waals surface area contributed by atoms with Gasteiger partial charge in [0.2, 0.25) is 0 Å². The molecule has 25 heavy (non-hydrogen) atoms. The average Bonchev–Trinajstić information content (AvgIpc) is 3.21. The van der Waals surface area contributed by atoms with E-state index in [1.165, 1.54) is 6.33 Å². The van der Waals surface area contributed by atoms with E-state index in [0.717, 1.165) is 18.0 Å². The van der Waals surface area contributed by atoms with Crippen molar-refractivity contribution < 1.29 is 13.2 Å². The molecule has 0 bridgehead atoms. The number of rotatable bonds is 2. The van der Waals surface area contributed by atoms with Crippen LogP contribution >= 0.6 is 0 Å². The van der Waals surface area contributed by atoms with E-state index in [4.69, 9.17) is 0 Å². The predicted octanol–water partition coefficient (Wildman–Crippen LogP) is 3.53. The van der Waals surface area contributed by atoms with Crippen molar-refractivity contribution in [2.45, 2.75) is 13.1 Å². The number of imidazole rings is 2. The Labute approximate surface area is 139 Å². The molecule has 0 saturated heterocycles. The molecule has 4 heterocycles. The molecule has 4 aromatic rings. The normalized spacial score (nSPS) is 12.0. The molecule has 0 saturated carbocycles. The molecular weight excluding hydrogens is 333 g/mol. The minimum absolute atomic E-state index is 0.133. The third-order valence-corrected chi connectivity index (χ3v) is 3.71. The lowest BCUT2D eigenvalue weighted by atomic mass is 10.2. The van der Waals surface area contributed by atoms with Gasteiger partial charge in [-0.2, -0.15) is 13.2 Å². The summed E-state index contributed by atoms with van der Waals surface area (Å²) >= 11 is 0. The highest BCUT2D eigenvalue weighted by Gasteiger charge is 2.32. The van der Waals surface area contributed by atoms with E-state index in [0.29, 0.717) is 22.9 Å². The maximum atomic E-state index is 13.0. The topological polar surface area (TPSA) is 72.3 Å². The number of fused-ring (bicyclic) bond motifs is 1. The second kappa shape index (κ2) is 5.40. The zero-order chi connectivity index (χ0) is 17.6. The van der Waals surface area contributed by atoms with Gasteiger partial charge >= 0.3 is 6.18 Å². The van der Waals surface area contributed by atoms with Crippen LogP contribution < -0.4 is 0 Å². The number of halogens is 3. The molecule has 126 valence electrons. The number of pyridine rings is 2. The lowest BCUT2D eigenvalue weighted by molar-refractivity contribution is -0.137. The molecule has 0 aliphatic heterocycles. The quantitative estimate of drug-likeness (QED) is 0.604. The van der Waals surface area contributed by atoms with Crippen LogP contribution in [0.2, 0.25) is 0 Å². The van der Waals surface area contributed by atoms with Crippen molar-refractivity contribution in [2.75, 3.05) is 0 Å². The van der Waals surface area contributed by atoms with Crippen LogP contribution in [0.5, 0.6) is 0 Å². The lowest BCUT2D eigenvalue weighted by Gasteiger charge is -2.08. The highest BCUT2D eigenvalue weighted by Crippen LogP contribution is 2.32. The van der Waals surface area contributed by atoms with Gasteiger partial charge in [-0.1, -0.05) is 0 Å². The molecule has 0 unspecified atom stereocenters. The van der Waals surface area contributed by atoms with Crippen molar-refractivity contribution in [2.24, 2.45) is 0 Å². The Balaban J connectivity index is 2.01. The van der Waals surface area contributed by atoms with Crippen molar-refractivity contribution in [3.63, 3.8) is 0 Å². The molecular formula is C16H11F3N6. The number of hydrogen-bond donors (Lipinski definition) is 1. The van der Waals surface area contributed by atoms with Crippen LogP contribution in [0.1, 0.15) is 11.3 Å². The van der Waals surface area contributed by atoms with E-state index in [1.807, 2.05) is 6.92 Å². The Morgan fingerprint density at radius 1 is 1.08 bits per heavy atom. The molecule has 6 nitrogen and oxygen atoms in total. The second-order valence-electron chi connectivity index (χ2n) is 5.45. The van der Waals surface area contributed by atoms with E-state index in [2.05, 4.69) is 24.9 Å². The summed E-state index contributed by atoms with van der Waals surface area (Å²) in [6, 6.07) is 4.59. The van der Waals surface area contributed by atoms with Gasteiger partial charge in [0.05, 0.1) is 23.8 Å². The largest absolute Gasteiger partial charge is 0.417 e. The number of nitrogens with one attached hydrogen (secondary N) is 1. The Morgan fingerprint density at radius 2 is 1.92 bits per heavy atom. The van der Waals surface area contributed by atoms with Crippen LogP contribution in [0, 0.1) is 6.92 Å². The molecule has 0 amide bonds. The summed E-state index contributed by atoms with van der Waals surface area (Å²) in [7, 11) is 0. The first-order valence-corrected chi connectivity index (χ1v) is 7.31. The fourth-order valence-electron chi connectivity index (χ4n) is 2.51. The summed E-state index contributed by atoms with van der Waals surface area (Å²) in [6.07, 6.45) is 1.02. The zero-order valence-corrected chi connectivity index (χ0v) is 12.9. The number of H-pyrrole nitrogens is 1. The molecule has 0 spiro atoms. The van der Waals surface area contributed by atoms with Gasteiger partial charge in [0, 0.05) is 18.1 Å². The molecule has 0 atom stereocenters. The minimum atomic E-state index is -4.48. The zero-order valence-electron chi connectivity index (χ0n) is 12.9. The molecule has 9 heteroatoms. The fourth-order valence-corrected chi connectivity index (χ4v) is 2.51.